The van der Waals surface area contributed by atoms with Gasteiger partial charge in [-0.25, -0.2) is 0 Å². The Bertz CT molecular complexity index is 814. The van der Waals surface area contributed by atoms with Crippen LogP contribution in [0.1, 0.15) is 39.0 Å². The first-order valence-corrected chi connectivity index (χ1v) is 9.43. The van der Waals surface area contributed by atoms with Gasteiger partial charge in [0.15, 0.2) is 5.78 Å². The molecular weight excluding hydrogens is 352 g/mol. The van der Waals surface area contributed by atoms with Crippen molar-refractivity contribution in [2.24, 2.45) is 0 Å². The molecule has 146 valence electrons. The molecule has 0 radical (unpaired) electrons. The Morgan fingerprint density at radius 3 is 1.75 bits per heavy atom. The fourth-order valence-corrected chi connectivity index (χ4v) is 2.67. The Morgan fingerprint density at radius 2 is 1.21 bits per heavy atom. The van der Waals surface area contributed by atoms with Gasteiger partial charge in [-0.3, -0.25) is 14.4 Å². The van der Waals surface area contributed by atoms with Crippen LogP contribution in [0.5, 0.6) is 0 Å². The van der Waals surface area contributed by atoms with Crippen LogP contribution in [-0.2, 0) is 14.4 Å². The molecule has 0 saturated carbocycles. The summed E-state index contributed by atoms with van der Waals surface area (Å²) < 4.78 is 0. The van der Waals surface area contributed by atoms with Gasteiger partial charge >= 0.3 is 0 Å². The molecule has 2 aromatic rings. The van der Waals surface area contributed by atoms with Gasteiger partial charge in [-0.2, -0.15) is 0 Å². The standard InChI is InChI=1S/C23H26N2O3/c1-18(9-8-14-22(27)24-19-10-4-2-5-11-19)17-21(26)15-16-23(28)25-20-12-6-3-7-13-20/h2-7,10-13,17H,8-9,14-16H2,1H3,(H,24,27)(H,25,28). The molecule has 2 aromatic carbocycles. The van der Waals surface area contributed by atoms with Crippen LogP contribution in [0.25, 0.3) is 0 Å². The summed E-state index contributed by atoms with van der Waals surface area (Å²) in [4.78, 5) is 35.8. The zero-order valence-corrected chi connectivity index (χ0v) is 16.1. The highest BCUT2D eigenvalue weighted by Crippen LogP contribution is 2.11. The number of hydrogen-bond acceptors (Lipinski definition) is 3. The van der Waals surface area contributed by atoms with E-state index < -0.39 is 0 Å². The Balaban J connectivity index is 1.64. The third-order valence-electron chi connectivity index (χ3n) is 4.10. The molecule has 0 aliphatic rings. The summed E-state index contributed by atoms with van der Waals surface area (Å²) in [5, 5.41) is 5.60. The van der Waals surface area contributed by atoms with Crippen LogP contribution in [0, 0.1) is 0 Å². The largest absolute Gasteiger partial charge is 0.326 e. The second-order valence-corrected chi connectivity index (χ2v) is 6.64. The molecule has 0 heterocycles. The number of hydrogen-bond donors (Lipinski definition) is 2. The molecule has 0 aliphatic carbocycles. The van der Waals surface area contributed by atoms with Gasteiger partial charge in [-0.1, -0.05) is 42.0 Å². The van der Waals surface area contributed by atoms with Crippen LogP contribution in [0.2, 0.25) is 0 Å². The van der Waals surface area contributed by atoms with E-state index in [2.05, 4.69) is 10.6 Å². The molecule has 2 amide bonds. The van der Waals surface area contributed by atoms with Gasteiger partial charge in [-0.15, -0.1) is 0 Å². The van der Waals surface area contributed by atoms with Crippen molar-refractivity contribution in [2.75, 3.05) is 10.6 Å². The average molecular weight is 378 g/mol. The van der Waals surface area contributed by atoms with Crippen LogP contribution < -0.4 is 10.6 Å². The van der Waals surface area contributed by atoms with E-state index in [1.165, 1.54) is 0 Å². The summed E-state index contributed by atoms with van der Waals surface area (Å²) in [6.45, 7) is 1.87. The van der Waals surface area contributed by atoms with Gasteiger partial charge in [0.2, 0.25) is 11.8 Å². The SMILES string of the molecule is CC(=CC(=O)CCC(=O)Nc1ccccc1)CCCC(=O)Nc1ccccc1. The maximum Gasteiger partial charge on any atom is 0.224 e. The lowest BCUT2D eigenvalue weighted by Gasteiger charge is -2.05. The second-order valence-electron chi connectivity index (χ2n) is 6.64. The van der Waals surface area contributed by atoms with E-state index in [1.54, 1.807) is 18.2 Å². The van der Waals surface area contributed by atoms with E-state index in [-0.39, 0.29) is 30.4 Å². The highest BCUT2D eigenvalue weighted by Gasteiger charge is 2.07. The Morgan fingerprint density at radius 1 is 0.714 bits per heavy atom. The van der Waals surface area contributed by atoms with Crippen molar-refractivity contribution in [3.63, 3.8) is 0 Å². The van der Waals surface area contributed by atoms with Gasteiger partial charge < -0.3 is 10.6 Å². The van der Waals surface area contributed by atoms with Crippen LogP contribution in [0.4, 0.5) is 11.4 Å². The van der Waals surface area contributed by atoms with E-state index in [1.807, 2.05) is 55.5 Å². The van der Waals surface area contributed by atoms with Crippen molar-refractivity contribution in [3.8, 4) is 0 Å². The first kappa shape index (κ1) is 21.1. The predicted molar refractivity (Wildman–Crippen MR) is 112 cm³/mol. The monoisotopic (exact) mass is 378 g/mol. The maximum absolute atomic E-state index is 12.0. The number of rotatable bonds is 10. The normalized spacial score (nSPS) is 11.0. The molecule has 0 saturated heterocycles. The van der Waals surface area contributed by atoms with Crippen LogP contribution in [0.3, 0.4) is 0 Å². The molecule has 2 N–H and O–H groups in total. The van der Waals surface area contributed by atoms with E-state index in [0.717, 1.165) is 16.9 Å². The number of allylic oxidation sites excluding steroid dienone is 2. The van der Waals surface area contributed by atoms with Crippen LogP contribution in [0.15, 0.2) is 72.3 Å². The summed E-state index contributed by atoms with van der Waals surface area (Å²) in [6.07, 6.45) is 3.63. The lowest BCUT2D eigenvalue weighted by atomic mass is 10.1. The number of anilines is 2. The molecule has 0 aliphatic heterocycles. The third-order valence-corrected chi connectivity index (χ3v) is 4.10. The first-order valence-electron chi connectivity index (χ1n) is 9.43. The van der Waals surface area contributed by atoms with Crippen molar-refractivity contribution < 1.29 is 14.4 Å². The van der Waals surface area contributed by atoms with Crippen LogP contribution >= 0.6 is 0 Å². The Labute approximate surface area is 165 Å². The number of carbonyl (C=O) groups excluding carboxylic acids is 3. The average Bonchev–Trinajstić information content (AvgIpc) is 2.68. The molecule has 0 fully saturated rings. The molecule has 28 heavy (non-hydrogen) atoms. The summed E-state index contributed by atoms with van der Waals surface area (Å²) in [5.41, 5.74) is 2.42. The number of ketones is 1. The molecule has 0 aromatic heterocycles. The summed E-state index contributed by atoms with van der Waals surface area (Å²) in [5.74, 6) is -0.291. The van der Waals surface area contributed by atoms with Gasteiger partial charge in [-0.05, 0) is 50.1 Å². The smallest absolute Gasteiger partial charge is 0.224 e. The van der Waals surface area contributed by atoms with Gasteiger partial charge in [0.25, 0.3) is 0 Å². The van der Waals surface area contributed by atoms with E-state index in [0.29, 0.717) is 19.3 Å². The van der Waals surface area contributed by atoms with Gasteiger partial charge in [0, 0.05) is 30.6 Å². The lowest BCUT2D eigenvalue weighted by molar-refractivity contribution is -0.120. The van der Waals surface area contributed by atoms with Crippen LogP contribution in [-0.4, -0.2) is 17.6 Å². The fraction of sp³-hybridized carbons (Fsp3) is 0.261. The maximum atomic E-state index is 12.0. The number of amides is 2. The van der Waals surface area contributed by atoms with E-state index in [9.17, 15) is 14.4 Å². The Hall–Kier alpha value is -3.21. The van der Waals surface area contributed by atoms with E-state index in [4.69, 9.17) is 0 Å². The summed E-state index contributed by atoms with van der Waals surface area (Å²) in [7, 11) is 0. The predicted octanol–water partition coefficient (Wildman–Crippen LogP) is 4.73. The fourth-order valence-electron chi connectivity index (χ4n) is 2.67. The van der Waals surface area contributed by atoms with Crippen molar-refractivity contribution in [1.29, 1.82) is 0 Å². The quantitative estimate of drug-likeness (QED) is 0.587. The number of carbonyl (C=O) groups is 3. The van der Waals surface area contributed by atoms with E-state index >= 15 is 0 Å². The summed E-state index contributed by atoms with van der Waals surface area (Å²) in [6, 6.07) is 18.5. The minimum atomic E-state index is -0.178. The summed E-state index contributed by atoms with van der Waals surface area (Å²) >= 11 is 0. The molecule has 0 atom stereocenters. The van der Waals surface area contributed by atoms with Crippen molar-refractivity contribution >= 4 is 29.0 Å². The van der Waals surface area contributed by atoms with Crippen molar-refractivity contribution in [1.82, 2.24) is 0 Å². The zero-order valence-electron chi connectivity index (χ0n) is 16.1. The highest BCUT2D eigenvalue weighted by molar-refractivity contribution is 5.96. The minimum absolute atomic E-state index is 0.0390. The minimum Gasteiger partial charge on any atom is -0.326 e. The first-order chi connectivity index (χ1) is 13.5. The van der Waals surface area contributed by atoms with Crippen molar-refractivity contribution in [3.05, 3.63) is 72.3 Å². The topological polar surface area (TPSA) is 75.3 Å². The third kappa shape index (κ3) is 8.45. The van der Waals surface area contributed by atoms with Gasteiger partial charge in [0.05, 0.1) is 0 Å². The van der Waals surface area contributed by atoms with Crippen molar-refractivity contribution in [2.45, 2.75) is 39.0 Å². The molecule has 5 heteroatoms. The number of nitrogens with one attached hydrogen (secondary N) is 2. The molecule has 5 nitrogen and oxygen atoms in total. The Kier molecular flexibility index (Phi) is 8.66. The highest BCUT2D eigenvalue weighted by atomic mass is 16.2. The molecule has 2 rings (SSSR count). The van der Waals surface area contributed by atoms with Gasteiger partial charge in [0.1, 0.15) is 0 Å². The molecule has 0 spiro atoms. The zero-order chi connectivity index (χ0) is 20.2. The second kappa shape index (κ2) is 11.5. The lowest BCUT2D eigenvalue weighted by Crippen LogP contribution is -2.12. The molecular formula is C23H26N2O3. The number of para-hydroxylation sites is 2. The molecule has 0 unspecified atom stereocenters. The number of benzene rings is 2. The molecule has 0 bridgehead atoms.